The lowest BCUT2D eigenvalue weighted by atomic mass is 10.1. The van der Waals surface area contributed by atoms with E-state index in [1.807, 2.05) is 42.5 Å². The Morgan fingerprint density at radius 2 is 2.00 bits per heavy atom. The molecule has 1 amide bonds. The van der Waals surface area contributed by atoms with Crippen LogP contribution in [-0.2, 0) is 17.8 Å². The van der Waals surface area contributed by atoms with Gasteiger partial charge in [-0.3, -0.25) is 4.79 Å². The van der Waals surface area contributed by atoms with Crippen LogP contribution in [-0.4, -0.2) is 18.8 Å². The summed E-state index contributed by atoms with van der Waals surface area (Å²) in [4.78, 5) is 12.3. The second-order valence-electron chi connectivity index (χ2n) is 5.63. The lowest BCUT2D eigenvalue weighted by Gasteiger charge is -2.17. The Balaban J connectivity index is 1.56. The molecule has 1 aliphatic rings. The maximum Gasteiger partial charge on any atom is 0.261 e. The standard InChI is InChI=1S/C19H21NO4/c1-3-15-6-4-5-7-16(15)24-13(2)19(21)20-11-14-8-9-17-18(10-14)23-12-22-17/h4-10,13H,3,11-12H2,1-2H3,(H,20,21). The van der Waals surface area contributed by atoms with Crippen molar-refractivity contribution < 1.29 is 19.0 Å². The molecular weight excluding hydrogens is 306 g/mol. The van der Waals surface area contributed by atoms with Gasteiger partial charge in [0.25, 0.3) is 5.91 Å². The zero-order valence-electron chi connectivity index (χ0n) is 13.9. The number of nitrogens with one attached hydrogen (secondary N) is 1. The van der Waals surface area contributed by atoms with Crippen LogP contribution in [0.3, 0.4) is 0 Å². The lowest BCUT2D eigenvalue weighted by Crippen LogP contribution is -2.36. The Morgan fingerprint density at radius 3 is 2.83 bits per heavy atom. The van der Waals surface area contributed by atoms with E-state index >= 15 is 0 Å². The van der Waals surface area contributed by atoms with E-state index in [2.05, 4.69) is 12.2 Å². The van der Waals surface area contributed by atoms with Gasteiger partial charge in [-0.05, 0) is 42.7 Å². The molecule has 0 aromatic heterocycles. The summed E-state index contributed by atoms with van der Waals surface area (Å²) in [5.41, 5.74) is 2.04. The fourth-order valence-corrected chi connectivity index (χ4v) is 2.54. The smallest absolute Gasteiger partial charge is 0.261 e. The topological polar surface area (TPSA) is 56.8 Å². The second-order valence-corrected chi connectivity index (χ2v) is 5.63. The van der Waals surface area contributed by atoms with Gasteiger partial charge < -0.3 is 19.5 Å². The summed E-state index contributed by atoms with van der Waals surface area (Å²) in [5.74, 6) is 2.05. The number of benzene rings is 2. The Morgan fingerprint density at radius 1 is 1.21 bits per heavy atom. The third-order valence-corrected chi connectivity index (χ3v) is 3.93. The number of aryl methyl sites for hydroxylation is 1. The summed E-state index contributed by atoms with van der Waals surface area (Å²) in [7, 11) is 0. The van der Waals surface area contributed by atoms with Crippen molar-refractivity contribution in [3.05, 3.63) is 53.6 Å². The first-order valence-corrected chi connectivity index (χ1v) is 8.08. The van der Waals surface area contributed by atoms with Crippen LogP contribution >= 0.6 is 0 Å². The molecule has 0 radical (unpaired) electrons. The third kappa shape index (κ3) is 3.62. The molecule has 1 heterocycles. The molecule has 1 unspecified atom stereocenters. The summed E-state index contributed by atoms with van der Waals surface area (Å²) >= 11 is 0. The molecule has 5 nitrogen and oxygen atoms in total. The number of ether oxygens (including phenoxy) is 3. The molecule has 126 valence electrons. The zero-order chi connectivity index (χ0) is 16.9. The Kier molecular flexibility index (Phi) is 4.89. The predicted octanol–water partition coefficient (Wildman–Crippen LogP) is 3.06. The minimum atomic E-state index is -0.563. The van der Waals surface area contributed by atoms with Gasteiger partial charge in [0.05, 0.1) is 0 Å². The third-order valence-electron chi connectivity index (χ3n) is 3.93. The molecule has 1 atom stereocenters. The van der Waals surface area contributed by atoms with Crippen LogP contribution in [0.4, 0.5) is 0 Å². The van der Waals surface area contributed by atoms with Gasteiger partial charge in [0.2, 0.25) is 6.79 Å². The molecule has 1 aliphatic heterocycles. The van der Waals surface area contributed by atoms with Crippen molar-refractivity contribution in [1.82, 2.24) is 5.32 Å². The summed E-state index contributed by atoms with van der Waals surface area (Å²) in [6.45, 7) is 4.47. The van der Waals surface area contributed by atoms with Crippen LogP contribution in [0.5, 0.6) is 17.2 Å². The van der Waals surface area contributed by atoms with E-state index in [1.54, 1.807) is 6.92 Å². The Labute approximate surface area is 141 Å². The summed E-state index contributed by atoms with van der Waals surface area (Å²) < 4.78 is 16.4. The fourth-order valence-electron chi connectivity index (χ4n) is 2.54. The second kappa shape index (κ2) is 7.25. The Hall–Kier alpha value is -2.69. The highest BCUT2D eigenvalue weighted by Gasteiger charge is 2.17. The first-order valence-electron chi connectivity index (χ1n) is 8.08. The van der Waals surface area contributed by atoms with Gasteiger partial charge in [0.15, 0.2) is 17.6 Å². The maximum atomic E-state index is 12.3. The van der Waals surface area contributed by atoms with Gasteiger partial charge in [-0.25, -0.2) is 0 Å². The zero-order valence-corrected chi connectivity index (χ0v) is 13.9. The van der Waals surface area contributed by atoms with Crippen LogP contribution in [0, 0.1) is 0 Å². The average Bonchev–Trinajstić information content (AvgIpc) is 3.07. The summed E-state index contributed by atoms with van der Waals surface area (Å²) in [6, 6.07) is 13.4. The Bertz CT molecular complexity index is 729. The molecule has 0 spiro atoms. The van der Waals surface area contributed by atoms with Gasteiger partial charge in [-0.2, -0.15) is 0 Å². The fraction of sp³-hybridized carbons (Fsp3) is 0.316. The van der Waals surface area contributed by atoms with E-state index in [4.69, 9.17) is 14.2 Å². The SMILES string of the molecule is CCc1ccccc1OC(C)C(=O)NCc1ccc2c(c1)OCO2. The maximum absolute atomic E-state index is 12.3. The molecule has 0 saturated heterocycles. The molecule has 0 fully saturated rings. The normalized spacial score (nSPS) is 13.4. The number of hydrogen-bond acceptors (Lipinski definition) is 4. The number of rotatable bonds is 6. The van der Waals surface area contributed by atoms with E-state index in [0.29, 0.717) is 12.3 Å². The van der Waals surface area contributed by atoms with E-state index in [-0.39, 0.29) is 12.7 Å². The van der Waals surface area contributed by atoms with E-state index < -0.39 is 6.10 Å². The van der Waals surface area contributed by atoms with Crippen LogP contribution in [0.25, 0.3) is 0 Å². The van der Waals surface area contributed by atoms with Crippen molar-refractivity contribution >= 4 is 5.91 Å². The highest BCUT2D eigenvalue weighted by atomic mass is 16.7. The first-order chi connectivity index (χ1) is 11.7. The molecule has 0 bridgehead atoms. The molecule has 5 heteroatoms. The quantitative estimate of drug-likeness (QED) is 0.886. The van der Waals surface area contributed by atoms with Crippen LogP contribution in [0.2, 0.25) is 0 Å². The molecule has 2 aromatic rings. The van der Waals surface area contributed by atoms with Crippen molar-refractivity contribution in [2.24, 2.45) is 0 Å². The first kappa shape index (κ1) is 16.2. The van der Waals surface area contributed by atoms with Gasteiger partial charge in [-0.1, -0.05) is 31.2 Å². The lowest BCUT2D eigenvalue weighted by molar-refractivity contribution is -0.127. The van der Waals surface area contributed by atoms with Crippen molar-refractivity contribution in [2.45, 2.75) is 32.9 Å². The molecular formula is C19H21NO4. The molecule has 1 N–H and O–H groups in total. The van der Waals surface area contributed by atoms with Gasteiger partial charge >= 0.3 is 0 Å². The van der Waals surface area contributed by atoms with Crippen LogP contribution in [0.1, 0.15) is 25.0 Å². The molecule has 0 aliphatic carbocycles. The van der Waals surface area contributed by atoms with E-state index in [1.165, 1.54) is 0 Å². The largest absolute Gasteiger partial charge is 0.481 e. The molecule has 0 saturated carbocycles. The summed E-state index contributed by atoms with van der Waals surface area (Å²) in [6.07, 6.45) is 0.300. The summed E-state index contributed by atoms with van der Waals surface area (Å²) in [5, 5.41) is 2.89. The monoisotopic (exact) mass is 327 g/mol. The number of carbonyl (C=O) groups is 1. The highest BCUT2D eigenvalue weighted by Crippen LogP contribution is 2.32. The minimum Gasteiger partial charge on any atom is -0.481 e. The molecule has 2 aromatic carbocycles. The van der Waals surface area contributed by atoms with Crippen LogP contribution in [0.15, 0.2) is 42.5 Å². The van der Waals surface area contributed by atoms with Crippen molar-refractivity contribution in [2.75, 3.05) is 6.79 Å². The van der Waals surface area contributed by atoms with Crippen molar-refractivity contribution in [1.29, 1.82) is 0 Å². The van der Waals surface area contributed by atoms with Crippen LogP contribution < -0.4 is 19.5 Å². The number of amides is 1. The molecule has 24 heavy (non-hydrogen) atoms. The van der Waals surface area contributed by atoms with E-state index in [0.717, 1.165) is 29.0 Å². The number of carbonyl (C=O) groups excluding carboxylic acids is 1. The minimum absolute atomic E-state index is 0.154. The number of para-hydroxylation sites is 1. The predicted molar refractivity (Wildman–Crippen MR) is 90.3 cm³/mol. The molecule has 3 rings (SSSR count). The van der Waals surface area contributed by atoms with Gasteiger partial charge in [-0.15, -0.1) is 0 Å². The number of hydrogen-bond donors (Lipinski definition) is 1. The highest BCUT2D eigenvalue weighted by molar-refractivity contribution is 5.80. The van der Waals surface area contributed by atoms with Gasteiger partial charge in [0.1, 0.15) is 5.75 Å². The van der Waals surface area contributed by atoms with E-state index in [9.17, 15) is 4.79 Å². The van der Waals surface area contributed by atoms with Crippen molar-refractivity contribution in [3.63, 3.8) is 0 Å². The van der Waals surface area contributed by atoms with Crippen molar-refractivity contribution in [3.8, 4) is 17.2 Å². The van der Waals surface area contributed by atoms with Gasteiger partial charge in [0, 0.05) is 6.54 Å². The number of fused-ring (bicyclic) bond motifs is 1. The average molecular weight is 327 g/mol.